The lowest BCUT2D eigenvalue weighted by molar-refractivity contribution is 0.144. The molecule has 0 unspecified atom stereocenters. The zero-order valence-electron chi connectivity index (χ0n) is 7.23. The third-order valence-electron chi connectivity index (χ3n) is 1.66. The fraction of sp³-hybridized carbons (Fsp3) is 0.375. The molecule has 6 heteroatoms. The minimum absolute atomic E-state index is 0.0278. The molecular formula is C8H7ClF3NO. The Morgan fingerprint density at radius 3 is 2.64 bits per heavy atom. The second-order valence-electron chi connectivity index (χ2n) is 2.45. The van der Waals surface area contributed by atoms with E-state index < -0.39 is 23.7 Å². The average molecular weight is 226 g/mol. The van der Waals surface area contributed by atoms with Crippen LogP contribution in [0.5, 0.6) is 5.88 Å². The van der Waals surface area contributed by atoms with Crippen molar-refractivity contribution < 1.29 is 17.9 Å². The van der Waals surface area contributed by atoms with Crippen molar-refractivity contribution in [2.45, 2.75) is 12.3 Å². The molecule has 1 aromatic heterocycles. The average Bonchev–Trinajstić information content (AvgIpc) is 2.16. The van der Waals surface area contributed by atoms with Crippen LogP contribution in [0.2, 0.25) is 0 Å². The van der Waals surface area contributed by atoms with Crippen molar-refractivity contribution in [1.82, 2.24) is 4.98 Å². The van der Waals surface area contributed by atoms with E-state index in [1.165, 1.54) is 0 Å². The summed E-state index contributed by atoms with van der Waals surface area (Å²) in [5.41, 5.74) is -0.771. The van der Waals surface area contributed by atoms with Gasteiger partial charge in [-0.15, -0.1) is 11.6 Å². The molecule has 0 aliphatic heterocycles. The predicted octanol–water partition coefficient (Wildman–Crippen LogP) is 2.91. The number of hydrogen-bond acceptors (Lipinski definition) is 2. The number of rotatable bonds is 3. The van der Waals surface area contributed by atoms with Crippen LogP contribution >= 0.6 is 11.6 Å². The predicted molar refractivity (Wildman–Crippen MR) is 45.3 cm³/mol. The molecule has 0 spiro atoms. The summed E-state index contributed by atoms with van der Waals surface area (Å²) in [7, 11) is 1.15. The van der Waals surface area contributed by atoms with Gasteiger partial charge in [0.1, 0.15) is 0 Å². The number of pyridine rings is 1. The Bertz CT molecular complexity index is 333. The maximum Gasteiger partial charge on any atom is 0.267 e. The third-order valence-corrected chi connectivity index (χ3v) is 1.95. The summed E-state index contributed by atoms with van der Waals surface area (Å²) in [5, 5.41) is 0. The number of hydrogen-bond donors (Lipinski definition) is 0. The van der Waals surface area contributed by atoms with Crippen molar-refractivity contribution in [2.75, 3.05) is 7.11 Å². The molecule has 2 nitrogen and oxygen atoms in total. The lowest BCUT2D eigenvalue weighted by Gasteiger charge is -2.09. The number of ether oxygens (including phenoxy) is 1. The highest BCUT2D eigenvalue weighted by Crippen LogP contribution is 2.30. The number of alkyl halides is 3. The molecule has 0 aliphatic carbocycles. The molecule has 1 heterocycles. The maximum absolute atomic E-state index is 13.2. The van der Waals surface area contributed by atoms with E-state index in [1.54, 1.807) is 0 Å². The van der Waals surface area contributed by atoms with Crippen LogP contribution in [0.25, 0.3) is 0 Å². The van der Waals surface area contributed by atoms with Gasteiger partial charge in [0.25, 0.3) is 12.3 Å². The fourth-order valence-corrected chi connectivity index (χ4v) is 1.22. The third kappa shape index (κ3) is 1.92. The van der Waals surface area contributed by atoms with E-state index >= 15 is 0 Å². The van der Waals surface area contributed by atoms with Crippen LogP contribution in [0.15, 0.2) is 6.20 Å². The van der Waals surface area contributed by atoms with Crippen molar-refractivity contribution >= 4 is 11.6 Å². The standard InChI is InChI=1S/C8H7ClF3NO/c1-14-8-6(10)5(7(11)12)4(2-9)3-13-8/h3,7H,2H2,1H3. The fourth-order valence-electron chi connectivity index (χ4n) is 1.00. The quantitative estimate of drug-likeness (QED) is 0.738. The molecule has 0 aliphatic rings. The highest BCUT2D eigenvalue weighted by atomic mass is 35.5. The van der Waals surface area contributed by atoms with Gasteiger partial charge in [-0.2, -0.15) is 0 Å². The van der Waals surface area contributed by atoms with Crippen molar-refractivity contribution in [2.24, 2.45) is 0 Å². The minimum Gasteiger partial charge on any atom is -0.479 e. The summed E-state index contributed by atoms with van der Waals surface area (Å²) < 4.78 is 42.5. The molecule has 0 atom stereocenters. The molecule has 78 valence electrons. The normalized spacial score (nSPS) is 10.7. The van der Waals surface area contributed by atoms with Gasteiger partial charge in [-0.05, 0) is 5.56 Å². The zero-order valence-corrected chi connectivity index (χ0v) is 7.99. The van der Waals surface area contributed by atoms with Gasteiger partial charge in [0.2, 0.25) is 0 Å². The summed E-state index contributed by atoms with van der Waals surface area (Å²) in [6.45, 7) is 0. The van der Waals surface area contributed by atoms with Crippen LogP contribution in [0.4, 0.5) is 13.2 Å². The maximum atomic E-state index is 13.2. The van der Waals surface area contributed by atoms with E-state index in [0.717, 1.165) is 13.3 Å². The molecule has 0 fully saturated rings. The van der Waals surface area contributed by atoms with Crippen LogP contribution in [0.1, 0.15) is 17.6 Å². The van der Waals surface area contributed by atoms with Gasteiger partial charge < -0.3 is 4.74 Å². The van der Waals surface area contributed by atoms with Gasteiger partial charge in [0.05, 0.1) is 12.7 Å². The Hall–Kier alpha value is -0.970. The molecule has 0 saturated carbocycles. The number of aromatic nitrogens is 1. The summed E-state index contributed by atoms with van der Waals surface area (Å²) in [5.74, 6) is -1.82. The van der Waals surface area contributed by atoms with Gasteiger partial charge in [-0.1, -0.05) is 0 Å². The summed E-state index contributed by atoms with van der Waals surface area (Å²) in [6.07, 6.45) is -1.85. The molecule has 0 radical (unpaired) electrons. The number of methoxy groups -OCH3 is 1. The second kappa shape index (κ2) is 4.50. The highest BCUT2D eigenvalue weighted by molar-refractivity contribution is 6.17. The van der Waals surface area contributed by atoms with Gasteiger partial charge in [0.15, 0.2) is 5.82 Å². The topological polar surface area (TPSA) is 22.1 Å². The second-order valence-corrected chi connectivity index (χ2v) is 2.72. The van der Waals surface area contributed by atoms with E-state index in [4.69, 9.17) is 11.6 Å². The highest BCUT2D eigenvalue weighted by Gasteiger charge is 2.22. The van der Waals surface area contributed by atoms with Crippen molar-refractivity contribution in [1.29, 1.82) is 0 Å². The minimum atomic E-state index is -2.93. The number of halogens is 4. The SMILES string of the molecule is COc1ncc(CCl)c(C(F)F)c1F. The zero-order chi connectivity index (χ0) is 10.7. The Balaban J connectivity index is 3.31. The Kier molecular flexibility index (Phi) is 3.57. The molecule has 1 aromatic rings. The van der Waals surface area contributed by atoms with Gasteiger partial charge in [0, 0.05) is 12.1 Å². The first-order valence-electron chi connectivity index (χ1n) is 3.67. The molecule has 0 saturated heterocycles. The van der Waals surface area contributed by atoms with Gasteiger partial charge >= 0.3 is 0 Å². The van der Waals surface area contributed by atoms with Crippen molar-refractivity contribution in [3.63, 3.8) is 0 Å². The van der Waals surface area contributed by atoms with Gasteiger partial charge in [-0.3, -0.25) is 0 Å². The van der Waals surface area contributed by atoms with E-state index in [-0.39, 0.29) is 11.4 Å². The molecular weight excluding hydrogens is 219 g/mol. The van der Waals surface area contributed by atoms with Crippen molar-refractivity contribution in [3.05, 3.63) is 23.1 Å². The van der Waals surface area contributed by atoms with Crippen LogP contribution in [0, 0.1) is 5.82 Å². The van der Waals surface area contributed by atoms with E-state index in [9.17, 15) is 13.2 Å². The lowest BCUT2D eigenvalue weighted by atomic mass is 10.1. The van der Waals surface area contributed by atoms with Gasteiger partial charge in [-0.25, -0.2) is 18.2 Å². The molecule has 0 bridgehead atoms. The van der Waals surface area contributed by atoms with Crippen LogP contribution in [0.3, 0.4) is 0 Å². The first-order chi connectivity index (χ1) is 6.61. The van der Waals surface area contributed by atoms with Crippen molar-refractivity contribution in [3.8, 4) is 5.88 Å². The number of nitrogens with zero attached hydrogens (tertiary/aromatic N) is 1. The molecule has 0 aromatic carbocycles. The Labute approximate surface area is 83.7 Å². The van der Waals surface area contributed by atoms with E-state index in [2.05, 4.69) is 9.72 Å². The smallest absolute Gasteiger partial charge is 0.267 e. The largest absolute Gasteiger partial charge is 0.479 e. The Morgan fingerprint density at radius 1 is 1.57 bits per heavy atom. The molecule has 0 N–H and O–H groups in total. The van der Waals surface area contributed by atoms with E-state index in [1.807, 2.05) is 0 Å². The first-order valence-corrected chi connectivity index (χ1v) is 4.20. The van der Waals surface area contributed by atoms with Crippen LogP contribution in [-0.4, -0.2) is 12.1 Å². The summed E-state index contributed by atoms with van der Waals surface area (Å²) in [6, 6.07) is 0. The first kappa shape index (κ1) is 11.1. The summed E-state index contributed by atoms with van der Waals surface area (Å²) in [4.78, 5) is 3.50. The monoisotopic (exact) mass is 225 g/mol. The molecule has 0 amide bonds. The van der Waals surface area contributed by atoms with Crippen LogP contribution in [-0.2, 0) is 5.88 Å². The molecule has 14 heavy (non-hydrogen) atoms. The summed E-state index contributed by atoms with van der Waals surface area (Å²) >= 11 is 5.36. The van der Waals surface area contributed by atoms with E-state index in [0.29, 0.717) is 0 Å². The Morgan fingerprint density at radius 2 is 2.21 bits per heavy atom. The molecule has 1 rings (SSSR count). The van der Waals surface area contributed by atoms with Crippen LogP contribution < -0.4 is 4.74 Å². The lowest BCUT2D eigenvalue weighted by Crippen LogP contribution is -2.02.